The molecule has 2 aliphatic rings. The van der Waals surface area contributed by atoms with Gasteiger partial charge in [0.05, 0.1) is 12.3 Å². The van der Waals surface area contributed by atoms with Crippen molar-refractivity contribution < 1.29 is 0 Å². The van der Waals surface area contributed by atoms with Crippen LogP contribution in [-0.2, 0) is 12.8 Å². The van der Waals surface area contributed by atoms with Gasteiger partial charge in [-0.3, -0.25) is 4.99 Å². The second kappa shape index (κ2) is 7.50. The first kappa shape index (κ1) is 18.9. The molecule has 0 atom stereocenters. The van der Waals surface area contributed by atoms with Crippen LogP contribution in [-0.4, -0.2) is 18.1 Å². The van der Waals surface area contributed by atoms with E-state index >= 15 is 0 Å². The Balaban J connectivity index is 1.62. The minimum Gasteiger partial charge on any atom is -0.260 e. The number of allylic oxidation sites excluding steroid dienone is 1. The highest BCUT2D eigenvalue weighted by molar-refractivity contribution is 6.17. The molecule has 28 heavy (non-hydrogen) atoms. The van der Waals surface area contributed by atoms with Gasteiger partial charge in [-0.25, -0.2) is 4.99 Å². The molecule has 4 rings (SSSR count). The zero-order valence-corrected chi connectivity index (χ0v) is 17.4. The van der Waals surface area contributed by atoms with Gasteiger partial charge in [-0.05, 0) is 77.5 Å². The van der Waals surface area contributed by atoms with Crippen LogP contribution < -0.4 is 0 Å². The predicted octanol–water partition coefficient (Wildman–Crippen LogP) is 6.26. The highest BCUT2D eigenvalue weighted by atomic mass is 15.0. The summed E-state index contributed by atoms with van der Waals surface area (Å²) < 4.78 is 0. The largest absolute Gasteiger partial charge is 0.260 e. The molecule has 0 N–H and O–H groups in total. The molecule has 2 aromatic carbocycles. The summed E-state index contributed by atoms with van der Waals surface area (Å²) in [6.07, 6.45) is 5.72. The van der Waals surface area contributed by atoms with Crippen molar-refractivity contribution in [2.24, 2.45) is 15.4 Å². The van der Waals surface area contributed by atoms with Gasteiger partial charge >= 0.3 is 0 Å². The summed E-state index contributed by atoms with van der Waals surface area (Å²) in [6.45, 7) is 11.9. The number of fused-ring (bicyclic) bond motifs is 1. The number of rotatable bonds is 5. The summed E-state index contributed by atoms with van der Waals surface area (Å²) in [5, 5.41) is 0. The molecule has 0 fully saturated rings. The zero-order valence-electron chi connectivity index (χ0n) is 17.4. The van der Waals surface area contributed by atoms with Crippen LogP contribution in [0.5, 0.6) is 0 Å². The molecule has 144 valence electrons. The summed E-state index contributed by atoms with van der Waals surface area (Å²) in [5.74, 6) is 0.859. The molecule has 0 radical (unpaired) electrons. The van der Waals surface area contributed by atoms with E-state index in [9.17, 15) is 0 Å². The molecule has 0 saturated carbocycles. The lowest BCUT2D eigenvalue weighted by Gasteiger charge is -2.38. The van der Waals surface area contributed by atoms with Crippen molar-refractivity contribution in [2.75, 3.05) is 6.54 Å². The molecule has 0 spiro atoms. The molecule has 2 aromatic rings. The van der Waals surface area contributed by atoms with Gasteiger partial charge in [-0.15, -0.1) is 0 Å². The molecular formula is C26H30N2. The van der Waals surface area contributed by atoms with Crippen molar-refractivity contribution in [3.8, 4) is 0 Å². The first-order chi connectivity index (χ1) is 13.6. The van der Waals surface area contributed by atoms with Gasteiger partial charge in [0.1, 0.15) is 0 Å². The molecule has 0 amide bonds. The molecule has 2 heteroatoms. The van der Waals surface area contributed by atoms with E-state index in [1.54, 1.807) is 0 Å². The van der Waals surface area contributed by atoms with Crippen molar-refractivity contribution in [3.05, 3.63) is 76.9 Å². The van der Waals surface area contributed by atoms with Crippen molar-refractivity contribution >= 4 is 17.1 Å². The van der Waals surface area contributed by atoms with Crippen LogP contribution in [0.25, 0.3) is 5.57 Å². The van der Waals surface area contributed by atoms with E-state index in [1.165, 1.54) is 40.7 Å². The van der Waals surface area contributed by atoms with E-state index < -0.39 is 0 Å². The number of nitrogens with zero attached hydrogens (tertiary/aromatic N) is 2. The summed E-state index contributed by atoms with van der Waals surface area (Å²) in [5.41, 5.74) is 9.13. The van der Waals surface area contributed by atoms with Crippen LogP contribution in [0, 0.1) is 5.41 Å². The minimum atomic E-state index is 0.386. The fraction of sp³-hybridized carbons (Fsp3) is 0.385. The zero-order chi connectivity index (χ0) is 19.7. The number of amidine groups is 1. The predicted molar refractivity (Wildman–Crippen MR) is 121 cm³/mol. The number of hydrogen-bond acceptors (Lipinski definition) is 2. The highest BCUT2D eigenvalue weighted by Gasteiger charge is 2.33. The van der Waals surface area contributed by atoms with Gasteiger partial charge in [0.25, 0.3) is 0 Å². The fourth-order valence-electron chi connectivity index (χ4n) is 4.59. The maximum atomic E-state index is 4.88. The van der Waals surface area contributed by atoms with Gasteiger partial charge in [-0.1, -0.05) is 57.7 Å². The van der Waals surface area contributed by atoms with Gasteiger partial charge in [0.15, 0.2) is 5.84 Å². The second-order valence-electron chi connectivity index (χ2n) is 8.29. The average Bonchev–Trinajstić information content (AvgIpc) is 3.24. The van der Waals surface area contributed by atoms with E-state index in [4.69, 9.17) is 9.98 Å². The molecule has 0 aromatic heterocycles. The Hall–Kier alpha value is -2.48. The fourth-order valence-corrected chi connectivity index (χ4v) is 4.59. The highest BCUT2D eigenvalue weighted by Crippen LogP contribution is 2.45. The number of aliphatic imine (C=N–C) groups is 2. The van der Waals surface area contributed by atoms with Gasteiger partial charge < -0.3 is 0 Å². The molecule has 2 nitrogen and oxygen atoms in total. The maximum Gasteiger partial charge on any atom is 0.155 e. The number of benzene rings is 2. The Kier molecular flexibility index (Phi) is 5.05. The normalized spacial score (nSPS) is 17.9. The number of aryl methyl sites for hydroxylation is 1. The summed E-state index contributed by atoms with van der Waals surface area (Å²) in [6, 6.07) is 15.4. The molecule has 0 saturated heterocycles. The SMILES string of the molecule is C=C1CC(CC)(CC)Cc2ccc(C3=NC(c4cccc(CC)c4)=NC3)cc21. The Morgan fingerprint density at radius 3 is 2.54 bits per heavy atom. The van der Waals surface area contributed by atoms with Gasteiger partial charge in [0, 0.05) is 5.56 Å². The third-order valence-corrected chi connectivity index (χ3v) is 6.69. The van der Waals surface area contributed by atoms with Crippen LogP contribution >= 0.6 is 0 Å². The lowest BCUT2D eigenvalue weighted by atomic mass is 9.66. The minimum absolute atomic E-state index is 0.386. The van der Waals surface area contributed by atoms with Gasteiger partial charge in [-0.2, -0.15) is 0 Å². The van der Waals surface area contributed by atoms with Crippen LogP contribution in [0.15, 0.2) is 59.0 Å². The van der Waals surface area contributed by atoms with E-state index in [-0.39, 0.29) is 0 Å². The van der Waals surface area contributed by atoms with E-state index in [0.717, 1.165) is 36.4 Å². The Morgan fingerprint density at radius 2 is 1.79 bits per heavy atom. The summed E-state index contributed by atoms with van der Waals surface area (Å²) in [4.78, 5) is 9.59. The smallest absolute Gasteiger partial charge is 0.155 e. The maximum absolute atomic E-state index is 4.88. The third kappa shape index (κ3) is 3.37. The van der Waals surface area contributed by atoms with Crippen molar-refractivity contribution in [1.29, 1.82) is 0 Å². The quantitative estimate of drug-likeness (QED) is 0.593. The molecule has 0 unspecified atom stereocenters. The van der Waals surface area contributed by atoms with E-state index in [0.29, 0.717) is 12.0 Å². The first-order valence-corrected chi connectivity index (χ1v) is 10.6. The molecule has 1 heterocycles. The van der Waals surface area contributed by atoms with Crippen LogP contribution in [0.1, 0.15) is 67.9 Å². The standard InChI is InChI=1S/C26H30N2/c1-5-19-9-8-10-21(13-19)25-27-17-24(28-25)20-11-12-22-16-26(6-2,7-3)15-18(4)23(22)14-20/h8-14H,4-7,15-17H2,1-3H3. The second-order valence-corrected chi connectivity index (χ2v) is 8.29. The van der Waals surface area contributed by atoms with Crippen molar-refractivity contribution in [2.45, 2.75) is 52.9 Å². The average molecular weight is 371 g/mol. The van der Waals surface area contributed by atoms with Crippen LogP contribution in [0.4, 0.5) is 0 Å². The van der Waals surface area contributed by atoms with E-state index in [2.05, 4.69) is 69.8 Å². The van der Waals surface area contributed by atoms with Gasteiger partial charge in [0.2, 0.25) is 0 Å². The Morgan fingerprint density at radius 1 is 0.964 bits per heavy atom. The molecule has 0 bridgehead atoms. The van der Waals surface area contributed by atoms with E-state index in [1.807, 2.05) is 0 Å². The first-order valence-electron chi connectivity index (χ1n) is 10.6. The monoisotopic (exact) mass is 370 g/mol. The summed E-state index contributed by atoms with van der Waals surface area (Å²) >= 11 is 0. The van der Waals surface area contributed by atoms with Crippen molar-refractivity contribution in [3.63, 3.8) is 0 Å². The molecule has 1 aliphatic carbocycles. The molecular weight excluding hydrogens is 340 g/mol. The van der Waals surface area contributed by atoms with Crippen LogP contribution in [0.3, 0.4) is 0 Å². The lowest BCUT2D eigenvalue weighted by molar-refractivity contribution is 0.261. The van der Waals surface area contributed by atoms with Crippen LogP contribution in [0.2, 0.25) is 0 Å². The third-order valence-electron chi connectivity index (χ3n) is 6.69. The molecule has 1 aliphatic heterocycles. The number of hydrogen-bond donors (Lipinski definition) is 0. The van der Waals surface area contributed by atoms with Crippen molar-refractivity contribution in [1.82, 2.24) is 0 Å². The summed E-state index contributed by atoms with van der Waals surface area (Å²) in [7, 11) is 0. The Bertz CT molecular complexity index is 974. The Labute approximate surface area is 169 Å². The lowest BCUT2D eigenvalue weighted by Crippen LogP contribution is -2.27. The topological polar surface area (TPSA) is 24.7 Å².